The maximum atomic E-state index is 5.90. The molecule has 6 heteroatoms. The average molecular weight is 331 g/mol. The Morgan fingerprint density at radius 2 is 2.35 bits per heavy atom. The first-order valence-corrected chi connectivity index (χ1v) is 6.86. The molecule has 0 aliphatic rings. The van der Waals surface area contributed by atoms with Crippen LogP contribution in [0.5, 0.6) is 0 Å². The second kappa shape index (κ2) is 5.62. The van der Waals surface area contributed by atoms with Crippen LogP contribution in [0, 0.1) is 6.92 Å². The van der Waals surface area contributed by atoms with Crippen LogP contribution in [0.15, 0.2) is 33.2 Å². The maximum Gasteiger partial charge on any atom is 0.203 e. The molecular weight excluding hydrogens is 322 g/mol. The van der Waals surface area contributed by atoms with Crippen molar-refractivity contribution in [2.45, 2.75) is 6.92 Å². The fourth-order valence-electron chi connectivity index (χ4n) is 1.16. The Bertz CT molecular complexity index is 553. The van der Waals surface area contributed by atoms with Gasteiger partial charge < -0.3 is 0 Å². The number of hydrazone groups is 1. The molecule has 0 atom stereocenters. The highest BCUT2D eigenvalue weighted by atomic mass is 79.9. The Kier molecular flexibility index (Phi) is 4.15. The number of hydrogen-bond acceptors (Lipinski definition) is 4. The molecule has 0 saturated heterocycles. The molecule has 1 heterocycles. The van der Waals surface area contributed by atoms with Crippen LogP contribution in [0.4, 0.5) is 5.13 Å². The number of nitrogens with one attached hydrogen (secondary N) is 1. The molecule has 0 spiro atoms. The van der Waals surface area contributed by atoms with Crippen molar-refractivity contribution in [3.05, 3.63) is 44.3 Å². The highest BCUT2D eigenvalue weighted by molar-refractivity contribution is 9.10. The van der Waals surface area contributed by atoms with Crippen LogP contribution in [0.25, 0.3) is 0 Å². The second-order valence-corrected chi connectivity index (χ2v) is 5.46. The summed E-state index contributed by atoms with van der Waals surface area (Å²) in [5.41, 5.74) is 4.82. The van der Waals surface area contributed by atoms with Crippen LogP contribution >= 0.6 is 38.9 Å². The van der Waals surface area contributed by atoms with E-state index >= 15 is 0 Å². The zero-order valence-electron chi connectivity index (χ0n) is 8.95. The molecule has 0 aliphatic heterocycles. The van der Waals surface area contributed by atoms with Crippen molar-refractivity contribution in [2.24, 2.45) is 5.10 Å². The first-order chi connectivity index (χ1) is 8.15. The number of halogens is 2. The summed E-state index contributed by atoms with van der Waals surface area (Å²) in [7, 11) is 0. The van der Waals surface area contributed by atoms with Gasteiger partial charge in [0.2, 0.25) is 5.13 Å². The van der Waals surface area contributed by atoms with Gasteiger partial charge in [-0.1, -0.05) is 17.7 Å². The van der Waals surface area contributed by atoms with Crippen molar-refractivity contribution >= 4 is 50.2 Å². The quantitative estimate of drug-likeness (QED) is 0.672. The summed E-state index contributed by atoms with van der Waals surface area (Å²) in [4.78, 5) is 4.24. The van der Waals surface area contributed by atoms with Gasteiger partial charge in [0, 0.05) is 9.85 Å². The third-order valence-corrected chi connectivity index (χ3v) is 4.02. The molecule has 3 nitrogen and oxygen atoms in total. The topological polar surface area (TPSA) is 37.3 Å². The van der Waals surface area contributed by atoms with Crippen molar-refractivity contribution in [3.63, 3.8) is 0 Å². The molecule has 0 fully saturated rings. The lowest BCUT2D eigenvalue weighted by molar-refractivity contribution is 1.22. The molecular formula is C11H9BrClN3S. The predicted molar refractivity (Wildman–Crippen MR) is 77.2 cm³/mol. The number of rotatable bonds is 3. The predicted octanol–water partition coefficient (Wildman–Crippen LogP) is 4.31. The fourth-order valence-corrected chi connectivity index (χ4v) is 2.31. The zero-order chi connectivity index (χ0) is 12.3. The molecule has 0 bridgehead atoms. The smallest absolute Gasteiger partial charge is 0.203 e. The Hall–Kier alpha value is -0.910. The van der Waals surface area contributed by atoms with Crippen molar-refractivity contribution in [1.29, 1.82) is 0 Å². The Balaban J connectivity index is 2.03. The van der Waals surface area contributed by atoms with E-state index in [1.807, 2.05) is 30.5 Å². The number of aryl methyl sites for hydroxylation is 1. The largest absolute Gasteiger partial charge is 0.253 e. The number of anilines is 1. The average Bonchev–Trinajstić information content (AvgIpc) is 2.70. The highest BCUT2D eigenvalue weighted by Gasteiger charge is 1.97. The fraction of sp³-hybridized carbons (Fsp3) is 0.0909. The van der Waals surface area contributed by atoms with Gasteiger partial charge in [-0.2, -0.15) is 5.10 Å². The minimum Gasteiger partial charge on any atom is -0.253 e. The summed E-state index contributed by atoms with van der Waals surface area (Å²) >= 11 is 10.8. The van der Waals surface area contributed by atoms with E-state index in [0.717, 1.165) is 20.9 Å². The lowest BCUT2D eigenvalue weighted by Crippen LogP contribution is -1.90. The molecule has 0 saturated carbocycles. The Labute approximate surface area is 117 Å². The molecule has 2 rings (SSSR count). The number of nitrogens with zero attached hydrogens (tertiary/aromatic N) is 2. The van der Waals surface area contributed by atoms with Crippen LogP contribution in [0.1, 0.15) is 11.3 Å². The van der Waals surface area contributed by atoms with Crippen LogP contribution in [0.3, 0.4) is 0 Å². The first kappa shape index (κ1) is 12.5. The molecule has 1 N–H and O–H groups in total. The minimum absolute atomic E-state index is 0.686. The van der Waals surface area contributed by atoms with E-state index in [-0.39, 0.29) is 0 Å². The van der Waals surface area contributed by atoms with E-state index in [1.165, 1.54) is 11.3 Å². The Morgan fingerprint density at radius 3 is 3.00 bits per heavy atom. The van der Waals surface area contributed by atoms with Gasteiger partial charge in [0.1, 0.15) is 0 Å². The van der Waals surface area contributed by atoms with Crippen LogP contribution < -0.4 is 5.43 Å². The number of thiazole rings is 1. The van der Waals surface area contributed by atoms with Gasteiger partial charge in [0.15, 0.2) is 0 Å². The highest BCUT2D eigenvalue weighted by Crippen LogP contribution is 2.22. The molecule has 88 valence electrons. The van der Waals surface area contributed by atoms with Crippen LogP contribution in [-0.2, 0) is 0 Å². The van der Waals surface area contributed by atoms with E-state index in [0.29, 0.717) is 5.02 Å². The third-order valence-electron chi connectivity index (χ3n) is 1.94. The van der Waals surface area contributed by atoms with E-state index in [2.05, 4.69) is 31.4 Å². The lowest BCUT2D eigenvalue weighted by atomic mass is 10.2. The van der Waals surface area contributed by atoms with Gasteiger partial charge >= 0.3 is 0 Å². The first-order valence-electron chi connectivity index (χ1n) is 4.81. The van der Waals surface area contributed by atoms with Crippen molar-refractivity contribution < 1.29 is 0 Å². The summed E-state index contributed by atoms with van der Waals surface area (Å²) in [5.74, 6) is 0. The zero-order valence-corrected chi connectivity index (χ0v) is 12.1. The SMILES string of the molecule is Cc1csc(NN=Cc2ccc(Cl)c(Br)c2)n1. The van der Waals surface area contributed by atoms with Crippen molar-refractivity contribution in [3.8, 4) is 0 Å². The van der Waals surface area contributed by atoms with E-state index in [9.17, 15) is 0 Å². The second-order valence-electron chi connectivity index (χ2n) is 3.34. The van der Waals surface area contributed by atoms with Gasteiger partial charge in [0.05, 0.1) is 16.9 Å². The summed E-state index contributed by atoms with van der Waals surface area (Å²) in [6.07, 6.45) is 1.72. The Morgan fingerprint density at radius 1 is 1.53 bits per heavy atom. The molecule has 0 unspecified atom stereocenters. The maximum absolute atomic E-state index is 5.90. The summed E-state index contributed by atoms with van der Waals surface area (Å²) in [6.45, 7) is 1.95. The molecule has 0 radical (unpaired) electrons. The van der Waals surface area contributed by atoms with Crippen LogP contribution in [-0.4, -0.2) is 11.2 Å². The van der Waals surface area contributed by atoms with Crippen molar-refractivity contribution in [1.82, 2.24) is 4.98 Å². The van der Waals surface area contributed by atoms with Gasteiger partial charge in [-0.05, 0) is 40.5 Å². The third kappa shape index (κ3) is 3.52. The van der Waals surface area contributed by atoms with E-state index in [1.54, 1.807) is 6.21 Å². The van der Waals surface area contributed by atoms with Crippen molar-refractivity contribution in [2.75, 3.05) is 5.43 Å². The van der Waals surface area contributed by atoms with Gasteiger partial charge in [0.25, 0.3) is 0 Å². The molecule has 1 aromatic heterocycles. The molecule has 17 heavy (non-hydrogen) atoms. The van der Waals surface area contributed by atoms with Crippen LogP contribution in [0.2, 0.25) is 5.02 Å². The van der Waals surface area contributed by atoms with E-state index in [4.69, 9.17) is 11.6 Å². The summed E-state index contributed by atoms with van der Waals surface area (Å²) in [5, 5.41) is 7.54. The van der Waals surface area contributed by atoms with Gasteiger partial charge in [-0.3, -0.25) is 5.43 Å². The number of benzene rings is 1. The van der Waals surface area contributed by atoms with Gasteiger partial charge in [-0.25, -0.2) is 4.98 Å². The number of aromatic nitrogens is 1. The monoisotopic (exact) mass is 329 g/mol. The summed E-state index contributed by atoms with van der Waals surface area (Å²) < 4.78 is 0.855. The lowest BCUT2D eigenvalue weighted by Gasteiger charge is -1.97. The molecule has 2 aromatic rings. The molecule has 0 amide bonds. The van der Waals surface area contributed by atoms with Gasteiger partial charge in [-0.15, -0.1) is 11.3 Å². The normalized spacial score (nSPS) is 11.0. The summed E-state index contributed by atoms with van der Waals surface area (Å²) in [6, 6.07) is 5.62. The number of hydrogen-bond donors (Lipinski definition) is 1. The molecule has 1 aromatic carbocycles. The standard InChI is InChI=1S/C11H9BrClN3S/c1-7-6-17-11(15-7)16-14-5-8-2-3-10(13)9(12)4-8/h2-6H,1H3,(H,15,16). The molecule has 0 aliphatic carbocycles. The minimum atomic E-state index is 0.686. The van der Waals surface area contributed by atoms with E-state index < -0.39 is 0 Å².